The van der Waals surface area contributed by atoms with E-state index in [2.05, 4.69) is 16.0 Å². The van der Waals surface area contributed by atoms with Crippen LogP contribution in [-0.4, -0.2) is 24.8 Å². The third kappa shape index (κ3) is 6.86. The monoisotopic (exact) mass is 421 g/mol. The number of carbonyl (C=O) groups is 2. The molecule has 3 rings (SSSR count). The van der Waals surface area contributed by atoms with Gasteiger partial charge in [-0.1, -0.05) is 24.3 Å². The van der Waals surface area contributed by atoms with Gasteiger partial charge in [0.25, 0.3) is 0 Å². The second kappa shape index (κ2) is 10.9. The highest BCUT2D eigenvalue weighted by molar-refractivity contribution is 7.99. The number of thioether (sulfide) groups is 1. The van der Waals surface area contributed by atoms with Crippen LogP contribution in [-0.2, 0) is 4.79 Å². The smallest absolute Gasteiger partial charge is 0.323 e. The number of hydrogen-bond donors (Lipinski definition) is 3. The molecule has 154 valence electrons. The van der Waals surface area contributed by atoms with Gasteiger partial charge in [0, 0.05) is 34.1 Å². The van der Waals surface area contributed by atoms with E-state index in [1.807, 2.05) is 42.5 Å². The number of hydrogen-bond acceptors (Lipinski definition) is 4. The number of nitrogens with one attached hydrogen (secondary N) is 3. The normalized spacial score (nSPS) is 10.2. The highest BCUT2D eigenvalue weighted by Gasteiger charge is 2.06. The molecule has 0 aromatic heterocycles. The average molecular weight is 422 g/mol. The maximum atomic E-state index is 12.2. The van der Waals surface area contributed by atoms with Crippen LogP contribution < -0.4 is 20.7 Å². The SMILES string of the molecule is COc1ccc(SCCC(=O)Nc2cccc(NC(=O)Nc3ccccc3)c2)cc1. The molecule has 0 saturated carbocycles. The Morgan fingerprint density at radius 1 is 0.800 bits per heavy atom. The van der Waals surface area contributed by atoms with Crippen LogP contribution in [0.5, 0.6) is 5.75 Å². The molecule has 0 aliphatic heterocycles. The Kier molecular flexibility index (Phi) is 7.74. The van der Waals surface area contributed by atoms with Crippen LogP contribution in [0.1, 0.15) is 6.42 Å². The molecule has 3 aromatic rings. The molecule has 3 N–H and O–H groups in total. The third-order valence-corrected chi connectivity index (χ3v) is 5.11. The van der Waals surface area contributed by atoms with Crippen LogP contribution >= 0.6 is 11.8 Å². The molecule has 0 fully saturated rings. The maximum absolute atomic E-state index is 12.2. The Morgan fingerprint density at radius 2 is 1.43 bits per heavy atom. The second-order valence-corrected chi connectivity index (χ2v) is 7.52. The summed E-state index contributed by atoms with van der Waals surface area (Å²) in [6.45, 7) is 0. The van der Waals surface area contributed by atoms with Gasteiger partial charge in [-0.15, -0.1) is 11.8 Å². The van der Waals surface area contributed by atoms with Crippen molar-refractivity contribution in [1.29, 1.82) is 0 Å². The van der Waals surface area contributed by atoms with Crippen molar-refractivity contribution in [2.24, 2.45) is 0 Å². The van der Waals surface area contributed by atoms with E-state index in [9.17, 15) is 9.59 Å². The molecule has 0 aliphatic carbocycles. The minimum Gasteiger partial charge on any atom is -0.497 e. The first kappa shape index (κ1) is 21.3. The Bertz CT molecular complexity index is 978. The molecule has 7 heteroatoms. The number of rotatable bonds is 8. The number of amides is 3. The minimum atomic E-state index is -0.347. The van der Waals surface area contributed by atoms with Crippen molar-refractivity contribution in [2.75, 3.05) is 28.8 Å². The van der Waals surface area contributed by atoms with Gasteiger partial charge in [0.1, 0.15) is 5.75 Å². The second-order valence-electron chi connectivity index (χ2n) is 6.35. The van der Waals surface area contributed by atoms with Gasteiger partial charge in [0.05, 0.1) is 7.11 Å². The van der Waals surface area contributed by atoms with E-state index in [-0.39, 0.29) is 11.9 Å². The highest BCUT2D eigenvalue weighted by atomic mass is 32.2. The highest BCUT2D eigenvalue weighted by Crippen LogP contribution is 2.22. The number of carbonyl (C=O) groups excluding carboxylic acids is 2. The van der Waals surface area contributed by atoms with E-state index < -0.39 is 0 Å². The first-order chi connectivity index (χ1) is 14.6. The summed E-state index contributed by atoms with van der Waals surface area (Å²) < 4.78 is 5.14. The topological polar surface area (TPSA) is 79.5 Å². The predicted molar refractivity (Wildman–Crippen MR) is 122 cm³/mol. The molecule has 3 aromatic carbocycles. The van der Waals surface area contributed by atoms with Gasteiger partial charge in [-0.25, -0.2) is 4.79 Å². The summed E-state index contributed by atoms with van der Waals surface area (Å²) in [6, 6.07) is 23.6. The summed E-state index contributed by atoms with van der Waals surface area (Å²) in [5, 5.41) is 8.38. The summed E-state index contributed by atoms with van der Waals surface area (Å²) in [5.74, 6) is 1.39. The molecular formula is C23H23N3O3S. The van der Waals surface area contributed by atoms with Crippen molar-refractivity contribution in [1.82, 2.24) is 0 Å². The predicted octanol–water partition coefficient (Wildman–Crippen LogP) is 5.46. The van der Waals surface area contributed by atoms with E-state index in [0.29, 0.717) is 29.2 Å². The Balaban J connectivity index is 1.45. The van der Waals surface area contributed by atoms with Crippen LogP contribution in [0.3, 0.4) is 0 Å². The molecule has 6 nitrogen and oxygen atoms in total. The molecule has 0 unspecified atom stereocenters. The number of anilines is 3. The van der Waals surface area contributed by atoms with Crippen molar-refractivity contribution in [2.45, 2.75) is 11.3 Å². The molecule has 30 heavy (non-hydrogen) atoms. The zero-order valence-corrected chi connectivity index (χ0v) is 17.4. The fourth-order valence-electron chi connectivity index (χ4n) is 2.65. The summed E-state index contributed by atoms with van der Waals surface area (Å²) in [6.07, 6.45) is 0.378. The number of para-hydroxylation sites is 1. The van der Waals surface area contributed by atoms with Crippen LogP contribution in [0.15, 0.2) is 83.8 Å². The first-order valence-corrected chi connectivity index (χ1v) is 10.4. The Morgan fingerprint density at radius 3 is 2.13 bits per heavy atom. The van der Waals surface area contributed by atoms with Crippen molar-refractivity contribution < 1.29 is 14.3 Å². The van der Waals surface area contributed by atoms with E-state index in [1.165, 1.54) is 0 Å². The van der Waals surface area contributed by atoms with Gasteiger partial charge in [0.15, 0.2) is 0 Å². The van der Waals surface area contributed by atoms with E-state index in [0.717, 1.165) is 10.6 Å². The first-order valence-electron chi connectivity index (χ1n) is 9.42. The summed E-state index contributed by atoms with van der Waals surface area (Å²) >= 11 is 1.61. The summed E-state index contributed by atoms with van der Waals surface area (Å²) in [7, 11) is 1.63. The zero-order valence-electron chi connectivity index (χ0n) is 16.6. The molecule has 0 saturated heterocycles. The summed E-state index contributed by atoms with van der Waals surface area (Å²) in [5.41, 5.74) is 1.93. The van der Waals surface area contributed by atoms with Gasteiger partial charge in [-0.05, 0) is 54.6 Å². The molecule has 0 aliphatic rings. The number of benzene rings is 3. The Labute approximate surface area is 180 Å². The van der Waals surface area contributed by atoms with Gasteiger partial charge in [-0.3, -0.25) is 4.79 Å². The van der Waals surface area contributed by atoms with Crippen molar-refractivity contribution >= 4 is 40.8 Å². The van der Waals surface area contributed by atoms with E-state index in [4.69, 9.17) is 4.74 Å². The lowest BCUT2D eigenvalue weighted by Crippen LogP contribution is -2.19. The fourth-order valence-corrected chi connectivity index (χ4v) is 3.50. The van der Waals surface area contributed by atoms with Crippen LogP contribution in [0, 0.1) is 0 Å². The minimum absolute atomic E-state index is 0.0816. The Hall–Kier alpha value is -3.45. The van der Waals surface area contributed by atoms with E-state index >= 15 is 0 Å². The molecule has 0 atom stereocenters. The molecule has 0 radical (unpaired) electrons. The average Bonchev–Trinajstić information content (AvgIpc) is 2.75. The largest absolute Gasteiger partial charge is 0.497 e. The molecule has 0 spiro atoms. The third-order valence-electron chi connectivity index (χ3n) is 4.09. The number of ether oxygens (including phenoxy) is 1. The van der Waals surface area contributed by atoms with Crippen molar-refractivity contribution in [3.05, 3.63) is 78.9 Å². The van der Waals surface area contributed by atoms with Crippen LogP contribution in [0.2, 0.25) is 0 Å². The quantitative estimate of drug-likeness (QED) is 0.422. The van der Waals surface area contributed by atoms with E-state index in [1.54, 1.807) is 55.3 Å². The lowest BCUT2D eigenvalue weighted by Gasteiger charge is -2.10. The van der Waals surface area contributed by atoms with Gasteiger partial charge in [-0.2, -0.15) is 0 Å². The van der Waals surface area contributed by atoms with Crippen molar-refractivity contribution in [3.8, 4) is 5.75 Å². The number of methoxy groups -OCH3 is 1. The fraction of sp³-hybridized carbons (Fsp3) is 0.130. The summed E-state index contributed by atoms with van der Waals surface area (Å²) in [4.78, 5) is 25.4. The van der Waals surface area contributed by atoms with Gasteiger partial charge >= 0.3 is 6.03 Å². The van der Waals surface area contributed by atoms with Gasteiger partial charge in [0.2, 0.25) is 5.91 Å². The molecule has 3 amide bonds. The zero-order chi connectivity index (χ0) is 21.2. The molecule has 0 bridgehead atoms. The molecule has 0 heterocycles. The lowest BCUT2D eigenvalue weighted by molar-refractivity contribution is -0.115. The lowest BCUT2D eigenvalue weighted by atomic mass is 10.2. The molecular weight excluding hydrogens is 398 g/mol. The number of urea groups is 1. The maximum Gasteiger partial charge on any atom is 0.323 e. The van der Waals surface area contributed by atoms with Gasteiger partial charge < -0.3 is 20.7 Å². The standard InChI is InChI=1S/C23H23N3O3S/c1-29-20-10-12-21(13-11-20)30-15-14-22(27)24-18-8-5-9-19(16-18)26-23(28)25-17-6-3-2-4-7-17/h2-13,16H,14-15H2,1H3,(H,24,27)(H2,25,26,28). The van der Waals surface area contributed by atoms with Crippen molar-refractivity contribution in [3.63, 3.8) is 0 Å². The van der Waals surface area contributed by atoms with Crippen LogP contribution in [0.4, 0.5) is 21.9 Å². The van der Waals surface area contributed by atoms with Crippen LogP contribution in [0.25, 0.3) is 0 Å².